The van der Waals surface area contributed by atoms with Gasteiger partial charge in [-0.1, -0.05) is 39.8 Å². The van der Waals surface area contributed by atoms with E-state index in [0.717, 1.165) is 5.57 Å². The molecule has 0 fully saturated rings. The Morgan fingerprint density at radius 2 is 1.75 bits per heavy atom. The van der Waals surface area contributed by atoms with E-state index < -0.39 is 0 Å². The Kier molecular flexibility index (Phi) is 4.49. The first-order valence-corrected chi connectivity index (χ1v) is 4.32. The Hall–Kier alpha value is -0.920. The van der Waals surface area contributed by atoms with Crippen molar-refractivity contribution in [1.29, 1.82) is 0 Å². The van der Waals surface area contributed by atoms with Crippen molar-refractivity contribution in [3.63, 3.8) is 0 Å². The summed E-state index contributed by atoms with van der Waals surface area (Å²) in [5.74, 6) is 0.685. The quantitative estimate of drug-likeness (QED) is 0.504. The van der Waals surface area contributed by atoms with Gasteiger partial charge in [-0.05, 0) is 11.8 Å². The molecule has 0 spiro atoms. The smallest absolute Gasteiger partial charge is 0.185 e. The summed E-state index contributed by atoms with van der Waals surface area (Å²) in [6, 6.07) is 0. The summed E-state index contributed by atoms with van der Waals surface area (Å²) in [5.41, 5.74) is 6.12. The topological polar surface area (TPSA) is 46.2 Å². The van der Waals surface area contributed by atoms with Crippen LogP contribution in [0.25, 0.3) is 0 Å². The number of aliphatic hydroxyl groups is 1. The van der Waals surface area contributed by atoms with E-state index in [1.807, 2.05) is 26.0 Å². The third kappa shape index (κ3) is 4.06. The normalized spacial score (nSPS) is 14.5. The van der Waals surface area contributed by atoms with Crippen LogP contribution in [0.2, 0.25) is 0 Å². The van der Waals surface area contributed by atoms with Crippen LogP contribution < -0.4 is 5.73 Å². The maximum absolute atomic E-state index is 9.10. The van der Waals surface area contributed by atoms with Crippen molar-refractivity contribution in [3.05, 3.63) is 23.6 Å². The highest BCUT2D eigenvalue weighted by Gasteiger charge is 2.03. The van der Waals surface area contributed by atoms with Crippen molar-refractivity contribution >= 4 is 0 Å². The van der Waals surface area contributed by atoms with Gasteiger partial charge in [-0.3, -0.25) is 0 Å². The van der Waals surface area contributed by atoms with Crippen LogP contribution in [0, 0.1) is 11.8 Å². The zero-order valence-corrected chi connectivity index (χ0v) is 8.33. The first-order chi connectivity index (χ1) is 5.45. The van der Waals surface area contributed by atoms with Crippen LogP contribution in [0.3, 0.4) is 0 Å². The molecule has 0 saturated heterocycles. The van der Waals surface area contributed by atoms with Crippen LogP contribution in [0.4, 0.5) is 0 Å². The summed E-state index contributed by atoms with van der Waals surface area (Å²) in [6.45, 7) is 8.18. The third-order valence-electron chi connectivity index (χ3n) is 1.58. The molecule has 0 aliphatic heterocycles. The molecule has 0 aromatic carbocycles. The Bertz CT molecular complexity index is 186. The van der Waals surface area contributed by atoms with Gasteiger partial charge in [-0.25, -0.2) is 0 Å². The van der Waals surface area contributed by atoms with Gasteiger partial charge in [0.25, 0.3) is 0 Å². The monoisotopic (exact) mass is 169 g/mol. The molecule has 0 bridgehead atoms. The molecule has 2 nitrogen and oxygen atoms in total. The van der Waals surface area contributed by atoms with Crippen molar-refractivity contribution < 1.29 is 5.11 Å². The highest BCUT2D eigenvalue weighted by atomic mass is 16.3. The lowest BCUT2D eigenvalue weighted by Gasteiger charge is -2.07. The molecular weight excluding hydrogens is 150 g/mol. The van der Waals surface area contributed by atoms with Gasteiger partial charge in [0.1, 0.15) is 0 Å². The van der Waals surface area contributed by atoms with Crippen LogP contribution in [-0.2, 0) is 0 Å². The molecule has 0 aromatic heterocycles. The average Bonchev–Trinajstić information content (AvgIpc) is 1.84. The molecule has 0 atom stereocenters. The fraction of sp³-hybridized carbons (Fsp3) is 0.600. The molecule has 0 radical (unpaired) electrons. The van der Waals surface area contributed by atoms with Crippen molar-refractivity contribution in [3.8, 4) is 0 Å². The van der Waals surface area contributed by atoms with Crippen molar-refractivity contribution in [2.45, 2.75) is 27.7 Å². The van der Waals surface area contributed by atoms with Crippen molar-refractivity contribution in [2.24, 2.45) is 17.6 Å². The second-order valence-electron chi connectivity index (χ2n) is 3.60. The predicted molar refractivity (Wildman–Crippen MR) is 52.7 cm³/mol. The Balaban J connectivity index is 4.47. The molecule has 0 aliphatic rings. The Morgan fingerprint density at radius 1 is 1.25 bits per heavy atom. The number of nitrogens with two attached hydrogens (primary N) is 1. The lowest BCUT2D eigenvalue weighted by Crippen LogP contribution is -2.04. The van der Waals surface area contributed by atoms with E-state index in [1.54, 1.807) is 0 Å². The average molecular weight is 169 g/mol. The van der Waals surface area contributed by atoms with E-state index in [2.05, 4.69) is 13.8 Å². The molecule has 3 N–H and O–H groups in total. The van der Waals surface area contributed by atoms with Crippen LogP contribution in [0.5, 0.6) is 0 Å². The molecule has 0 rings (SSSR count). The molecule has 70 valence electrons. The molecule has 0 aliphatic carbocycles. The lowest BCUT2D eigenvalue weighted by atomic mass is 10.0. The molecule has 0 amide bonds. The SMILES string of the molecule is CC(C)/C=C\C(=C(/N)O)C(C)C. The third-order valence-corrected chi connectivity index (χ3v) is 1.58. The molecule has 0 aromatic rings. The summed E-state index contributed by atoms with van der Waals surface area (Å²) >= 11 is 0. The van der Waals surface area contributed by atoms with Gasteiger partial charge in [-0.2, -0.15) is 0 Å². The number of rotatable bonds is 3. The Labute approximate surface area is 74.8 Å². The minimum Gasteiger partial charge on any atom is -0.495 e. The number of hydrogen-bond donors (Lipinski definition) is 2. The molecule has 12 heavy (non-hydrogen) atoms. The fourth-order valence-electron chi connectivity index (χ4n) is 0.870. The van der Waals surface area contributed by atoms with Crippen molar-refractivity contribution in [2.75, 3.05) is 0 Å². The highest BCUT2D eigenvalue weighted by molar-refractivity contribution is 5.22. The maximum Gasteiger partial charge on any atom is 0.185 e. The summed E-state index contributed by atoms with van der Waals surface area (Å²) in [6.07, 6.45) is 3.92. The summed E-state index contributed by atoms with van der Waals surface area (Å²) in [4.78, 5) is 0. The number of aliphatic hydroxyl groups excluding tert-OH is 1. The second kappa shape index (κ2) is 4.86. The first-order valence-electron chi connectivity index (χ1n) is 4.32. The van der Waals surface area contributed by atoms with E-state index >= 15 is 0 Å². The number of hydrogen-bond acceptors (Lipinski definition) is 2. The largest absolute Gasteiger partial charge is 0.495 e. The van der Waals surface area contributed by atoms with Crippen molar-refractivity contribution in [1.82, 2.24) is 0 Å². The molecule has 0 unspecified atom stereocenters. The molecule has 0 heterocycles. The Morgan fingerprint density at radius 3 is 2.00 bits per heavy atom. The molecule has 2 heteroatoms. The summed E-state index contributed by atoms with van der Waals surface area (Å²) < 4.78 is 0. The fourth-order valence-corrected chi connectivity index (χ4v) is 0.870. The van der Waals surface area contributed by atoms with E-state index in [-0.39, 0.29) is 11.8 Å². The summed E-state index contributed by atoms with van der Waals surface area (Å²) in [7, 11) is 0. The second-order valence-corrected chi connectivity index (χ2v) is 3.60. The minimum atomic E-state index is -0.0677. The standard InChI is InChI=1S/C10H19NO/c1-7(2)5-6-9(8(3)4)10(11)12/h5-8,12H,11H2,1-4H3/b6-5-,10-9-. The van der Waals surface area contributed by atoms with Gasteiger partial charge in [0, 0.05) is 5.57 Å². The van der Waals surface area contributed by atoms with Gasteiger partial charge in [0.05, 0.1) is 0 Å². The predicted octanol–water partition coefficient (Wildman–Crippen LogP) is 2.58. The van der Waals surface area contributed by atoms with Gasteiger partial charge >= 0.3 is 0 Å². The summed E-state index contributed by atoms with van der Waals surface area (Å²) in [5, 5.41) is 9.10. The van der Waals surface area contributed by atoms with E-state index in [4.69, 9.17) is 10.8 Å². The van der Waals surface area contributed by atoms with E-state index in [1.165, 1.54) is 0 Å². The van der Waals surface area contributed by atoms with Gasteiger partial charge in [0.2, 0.25) is 0 Å². The number of allylic oxidation sites excluding steroid dienone is 3. The maximum atomic E-state index is 9.10. The molecule has 0 saturated carbocycles. The van der Waals surface area contributed by atoms with E-state index in [0.29, 0.717) is 5.92 Å². The zero-order valence-electron chi connectivity index (χ0n) is 8.33. The highest BCUT2D eigenvalue weighted by Crippen LogP contribution is 2.13. The van der Waals surface area contributed by atoms with Crippen LogP contribution in [0.15, 0.2) is 23.6 Å². The lowest BCUT2D eigenvalue weighted by molar-refractivity contribution is 0.393. The van der Waals surface area contributed by atoms with Gasteiger partial charge in [0.15, 0.2) is 5.88 Å². The van der Waals surface area contributed by atoms with Gasteiger partial charge < -0.3 is 10.8 Å². The van der Waals surface area contributed by atoms with Crippen LogP contribution in [-0.4, -0.2) is 5.11 Å². The van der Waals surface area contributed by atoms with Crippen LogP contribution in [0.1, 0.15) is 27.7 Å². The van der Waals surface area contributed by atoms with E-state index in [9.17, 15) is 0 Å². The zero-order chi connectivity index (χ0) is 9.72. The minimum absolute atomic E-state index is 0.0677. The first kappa shape index (κ1) is 11.1. The van der Waals surface area contributed by atoms with Gasteiger partial charge in [-0.15, -0.1) is 0 Å². The molecular formula is C10H19NO. The van der Waals surface area contributed by atoms with Crippen LogP contribution >= 0.6 is 0 Å².